The highest BCUT2D eigenvalue weighted by Crippen LogP contribution is 2.52. The highest BCUT2D eigenvalue weighted by Gasteiger charge is 2.20. The molecule has 0 fully saturated rings. The first kappa shape index (κ1) is 24.4. The Kier molecular flexibility index (Phi) is 7.06. The Morgan fingerprint density at radius 3 is 2.44 bits per heavy atom. The summed E-state index contributed by atoms with van der Waals surface area (Å²) >= 11 is 6.48. The highest BCUT2D eigenvalue weighted by atomic mass is 35.5. The Balaban J connectivity index is 1.65. The van der Waals surface area contributed by atoms with Crippen LogP contribution in [0.3, 0.4) is 0 Å². The quantitative estimate of drug-likeness (QED) is 0.261. The van der Waals surface area contributed by atoms with Crippen molar-refractivity contribution in [1.82, 2.24) is 20.4 Å². The smallest absolute Gasteiger partial charge is 0.187 e. The lowest BCUT2D eigenvalue weighted by atomic mass is 10.1. The van der Waals surface area contributed by atoms with Crippen LogP contribution in [0.1, 0.15) is 25.1 Å². The minimum atomic E-state index is -2.84. The van der Waals surface area contributed by atoms with Gasteiger partial charge in [0.15, 0.2) is 5.76 Å². The van der Waals surface area contributed by atoms with Gasteiger partial charge >= 0.3 is 0 Å². The number of nitrogens with zero attached hydrogens (tertiary/aromatic N) is 3. The second kappa shape index (κ2) is 9.85. The van der Waals surface area contributed by atoms with Crippen molar-refractivity contribution >= 4 is 22.2 Å². The predicted octanol–water partition coefficient (Wildman–Crippen LogP) is 6.66. The van der Waals surface area contributed by atoms with Gasteiger partial charge in [-0.2, -0.15) is 10.6 Å². The molecule has 4 rings (SSSR count). The van der Waals surface area contributed by atoms with Crippen molar-refractivity contribution < 1.29 is 13.6 Å². The van der Waals surface area contributed by atoms with Gasteiger partial charge in [-0.05, 0) is 51.6 Å². The Morgan fingerprint density at radius 1 is 1.06 bits per heavy atom. The van der Waals surface area contributed by atoms with Gasteiger partial charge in [-0.25, -0.2) is 4.98 Å². The lowest BCUT2D eigenvalue weighted by molar-refractivity contribution is 0.433. The molecule has 0 saturated carbocycles. The van der Waals surface area contributed by atoms with Crippen molar-refractivity contribution in [3.05, 3.63) is 71.0 Å². The van der Waals surface area contributed by atoms with Crippen molar-refractivity contribution in [3.63, 3.8) is 0 Å². The normalized spacial score (nSPS) is 12.4. The van der Waals surface area contributed by atoms with E-state index in [4.69, 9.17) is 21.1 Å². The maximum absolute atomic E-state index is 10.4. The SMILES string of the molecule is CNCc1ccc(-c2cc(-c3nc(-c4ccc(S(O)(O)C(C)C)cc4)cnc3C)on2)c(Cl)c1. The van der Waals surface area contributed by atoms with Crippen LogP contribution in [0.5, 0.6) is 0 Å². The van der Waals surface area contributed by atoms with Crippen molar-refractivity contribution in [3.8, 4) is 34.0 Å². The van der Waals surface area contributed by atoms with Crippen molar-refractivity contribution in [2.75, 3.05) is 7.05 Å². The van der Waals surface area contributed by atoms with Gasteiger partial charge < -0.3 is 9.84 Å². The molecule has 0 unspecified atom stereocenters. The average molecular weight is 499 g/mol. The van der Waals surface area contributed by atoms with Crippen LogP contribution in [0.4, 0.5) is 0 Å². The van der Waals surface area contributed by atoms with Crippen LogP contribution in [0.2, 0.25) is 5.02 Å². The minimum absolute atomic E-state index is 0.266. The molecule has 0 amide bonds. The molecule has 3 N–H and O–H groups in total. The molecule has 0 aliphatic carbocycles. The van der Waals surface area contributed by atoms with E-state index >= 15 is 0 Å². The van der Waals surface area contributed by atoms with Crippen LogP contribution in [-0.4, -0.2) is 36.5 Å². The number of nitrogens with one attached hydrogen (secondary N) is 1. The van der Waals surface area contributed by atoms with Crippen LogP contribution in [0.25, 0.3) is 34.0 Å². The standard InChI is InChI=1S/C25H27ClN4O3S/c1-15(2)34(31,32)19-8-6-18(7-9-19)23-14-28-16(3)25(29-23)24-12-22(30-33-24)20-10-5-17(13-27-4)11-21(20)26/h5-12,14-15,27,31-32H,13H2,1-4H3. The first-order chi connectivity index (χ1) is 16.2. The van der Waals surface area contributed by atoms with Crippen molar-refractivity contribution in [2.45, 2.75) is 37.5 Å². The summed E-state index contributed by atoms with van der Waals surface area (Å²) in [6.45, 7) is 6.16. The molecule has 7 nitrogen and oxygen atoms in total. The summed E-state index contributed by atoms with van der Waals surface area (Å²) in [7, 11) is -0.955. The molecule has 2 aromatic heterocycles. The third-order valence-electron chi connectivity index (χ3n) is 5.54. The molecule has 0 saturated heterocycles. The fourth-order valence-corrected chi connectivity index (χ4v) is 4.90. The molecule has 9 heteroatoms. The van der Waals surface area contributed by atoms with Gasteiger partial charge in [0.1, 0.15) is 11.4 Å². The van der Waals surface area contributed by atoms with Crippen LogP contribution >= 0.6 is 22.2 Å². The van der Waals surface area contributed by atoms with Crippen LogP contribution in [0, 0.1) is 6.92 Å². The second-order valence-corrected chi connectivity index (χ2v) is 11.3. The van der Waals surface area contributed by atoms with Crippen molar-refractivity contribution in [2.24, 2.45) is 0 Å². The molecule has 4 aromatic rings. The maximum atomic E-state index is 10.4. The molecule has 2 aromatic carbocycles. The fourth-order valence-electron chi connectivity index (χ4n) is 3.51. The fraction of sp³-hybridized carbons (Fsp3) is 0.240. The summed E-state index contributed by atoms with van der Waals surface area (Å²) in [5.41, 5.74) is 5.20. The molecular weight excluding hydrogens is 472 g/mol. The molecule has 178 valence electrons. The topological polar surface area (TPSA) is 104 Å². The second-order valence-electron chi connectivity index (χ2n) is 8.28. The summed E-state index contributed by atoms with van der Waals surface area (Å²) < 4.78 is 26.4. The van der Waals surface area contributed by atoms with E-state index in [0.29, 0.717) is 38.5 Å². The Morgan fingerprint density at radius 2 is 1.79 bits per heavy atom. The number of hydrogen-bond acceptors (Lipinski definition) is 7. The molecule has 0 spiro atoms. The number of aromatic nitrogens is 3. The van der Waals surface area contributed by atoms with Crippen LogP contribution in [0.15, 0.2) is 64.1 Å². The molecule has 0 atom stereocenters. The van der Waals surface area contributed by atoms with Crippen LogP contribution < -0.4 is 5.32 Å². The summed E-state index contributed by atoms with van der Waals surface area (Å²) in [5, 5.41) is 7.64. The number of aryl methyl sites for hydroxylation is 1. The highest BCUT2D eigenvalue weighted by molar-refractivity contribution is 8.24. The Bertz CT molecular complexity index is 1310. The van der Waals surface area contributed by atoms with Crippen molar-refractivity contribution in [1.29, 1.82) is 0 Å². The zero-order chi connectivity index (χ0) is 24.5. The lowest BCUT2D eigenvalue weighted by Crippen LogP contribution is -2.10. The van der Waals surface area contributed by atoms with E-state index in [1.807, 2.05) is 44.3 Å². The molecule has 0 bridgehead atoms. The number of halogens is 1. The van der Waals surface area contributed by atoms with E-state index < -0.39 is 10.6 Å². The van der Waals surface area contributed by atoms with Gasteiger partial charge in [-0.1, -0.05) is 41.0 Å². The van der Waals surface area contributed by atoms with Gasteiger partial charge in [-0.3, -0.25) is 14.1 Å². The maximum Gasteiger partial charge on any atom is 0.187 e. The Hall–Kier alpha value is -2.75. The summed E-state index contributed by atoms with van der Waals surface area (Å²) in [6.07, 6.45) is 1.68. The minimum Gasteiger partial charge on any atom is -0.354 e. The predicted molar refractivity (Wildman–Crippen MR) is 137 cm³/mol. The molecule has 34 heavy (non-hydrogen) atoms. The zero-order valence-corrected chi connectivity index (χ0v) is 21.0. The van der Waals surface area contributed by atoms with E-state index in [9.17, 15) is 9.11 Å². The molecule has 2 heterocycles. The number of benzene rings is 2. The van der Waals surface area contributed by atoms with Gasteiger partial charge in [0.2, 0.25) is 0 Å². The third kappa shape index (κ3) is 4.87. The van der Waals surface area contributed by atoms with E-state index in [-0.39, 0.29) is 5.25 Å². The Labute approximate surface area is 205 Å². The van der Waals surface area contributed by atoms with E-state index in [1.165, 1.54) is 0 Å². The number of rotatable bonds is 7. The van der Waals surface area contributed by atoms with E-state index in [0.717, 1.165) is 23.2 Å². The summed E-state index contributed by atoms with van der Waals surface area (Å²) in [4.78, 5) is 9.74. The van der Waals surface area contributed by atoms with E-state index in [1.54, 1.807) is 38.2 Å². The van der Waals surface area contributed by atoms with Gasteiger partial charge in [0.25, 0.3) is 0 Å². The largest absolute Gasteiger partial charge is 0.354 e. The number of hydrogen-bond donors (Lipinski definition) is 3. The first-order valence-electron chi connectivity index (χ1n) is 10.8. The molecule has 0 radical (unpaired) electrons. The zero-order valence-electron chi connectivity index (χ0n) is 19.4. The third-order valence-corrected chi connectivity index (χ3v) is 8.14. The first-order valence-corrected chi connectivity index (χ1v) is 12.8. The monoisotopic (exact) mass is 498 g/mol. The average Bonchev–Trinajstić information content (AvgIpc) is 3.29. The van der Waals surface area contributed by atoms with Gasteiger partial charge in [0.05, 0.1) is 27.5 Å². The van der Waals surface area contributed by atoms with Gasteiger partial charge in [-0.15, -0.1) is 0 Å². The van der Waals surface area contributed by atoms with Gasteiger partial charge in [0, 0.05) is 29.0 Å². The van der Waals surface area contributed by atoms with E-state index in [2.05, 4.69) is 15.5 Å². The molecule has 0 aliphatic rings. The lowest BCUT2D eigenvalue weighted by Gasteiger charge is -2.36. The molecular formula is C25H27ClN4O3S. The van der Waals surface area contributed by atoms with Crippen LogP contribution in [-0.2, 0) is 6.54 Å². The summed E-state index contributed by atoms with van der Waals surface area (Å²) in [6, 6.07) is 14.7. The summed E-state index contributed by atoms with van der Waals surface area (Å²) in [5.74, 6) is 0.489. The molecule has 0 aliphatic heterocycles.